The lowest BCUT2D eigenvalue weighted by molar-refractivity contribution is -0.121. The number of amides is 2. The predicted octanol–water partition coefficient (Wildman–Crippen LogP) is 4.15. The van der Waals surface area contributed by atoms with E-state index in [1.807, 2.05) is 0 Å². The van der Waals surface area contributed by atoms with Crippen molar-refractivity contribution in [2.45, 2.75) is 18.6 Å². The Morgan fingerprint density at radius 3 is 2.48 bits per heavy atom. The van der Waals surface area contributed by atoms with Crippen molar-refractivity contribution in [2.75, 3.05) is 23.9 Å². The summed E-state index contributed by atoms with van der Waals surface area (Å²) in [5.41, 5.74) is 1.88. The molecule has 1 aliphatic rings. The first-order chi connectivity index (χ1) is 19.3. The number of hydrogen-bond donors (Lipinski definition) is 3. The van der Waals surface area contributed by atoms with E-state index in [9.17, 15) is 24.6 Å². The van der Waals surface area contributed by atoms with Crippen molar-refractivity contribution in [2.24, 2.45) is 10.2 Å². The molecule has 3 aromatic carbocycles. The van der Waals surface area contributed by atoms with Crippen LogP contribution >= 0.6 is 11.8 Å². The van der Waals surface area contributed by atoms with Crippen LogP contribution in [0.3, 0.4) is 0 Å². The average Bonchev–Trinajstić information content (AvgIpc) is 3.24. The minimum atomic E-state index is -0.782. The molecule has 11 nitrogen and oxygen atoms in total. The maximum Gasteiger partial charge on any atom is 0.338 e. The van der Waals surface area contributed by atoms with E-state index in [0.29, 0.717) is 22.5 Å². The average molecular weight is 563 g/mol. The number of carbonyl (C=O) groups is 3. The van der Waals surface area contributed by atoms with Crippen molar-refractivity contribution in [3.05, 3.63) is 77.9 Å². The summed E-state index contributed by atoms with van der Waals surface area (Å²) in [4.78, 5) is 39.3. The van der Waals surface area contributed by atoms with Crippen molar-refractivity contribution in [3.8, 4) is 17.2 Å². The van der Waals surface area contributed by atoms with Crippen molar-refractivity contribution >= 4 is 52.3 Å². The molecule has 1 saturated heterocycles. The van der Waals surface area contributed by atoms with Gasteiger partial charge in [0.15, 0.2) is 16.7 Å². The number of hydrogen-bond acceptors (Lipinski definition) is 10. The lowest BCUT2D eigenvalue weighted by atomic mass is 10.2. The number of benzene rings is 3. The molecule has 1 unspecified atom stereocenters. The number of thioether (sulfide) groups is 1. The van der Waals surface area contributed by atoms with Crippen LogP contribution in [0.2, 0.25) is 0 Å². The van der Waals surface area contributed by atoms with E-state index in [1.54, 1.807) is 55.5 Å². The molecule has 0 aliphatic carbocycles. The van der Waals surface area contributed by atoms with E-state index < -0.39 is 17.1 Å². The van der Waals surface area contributed by atoms with Gasteiger partial charge in [0.2, 0.25) is 11.8 Å². The second-order valence-corrected chi connectivity index (χ2v) is 9.57. The number of amidine groups is 1. The Morgan fingerprint density at radius 2 is 1.80 bits per heavy atom. The maximum absolute atomic E-state index is 13.4. The summed E-state index contributed by atoms with van der Waals surface area (Å²) < 4.78 is 10.1. The molecule has 1 heterocycles. The molecule has 0 saturated carbocycles. The molecule has 12 heteroatoms. The fourth-order valence-electron chi connectivity index (χ4n) is 3.71. The fraction of sp³-hybridized carbons (Fsp3) is 0.179. The monoisotopic (exact) mass is 562 g/mol. The third-order valence-electron chi connectivity index (χ3n) is 5.65. The summed E-state index contributed by atoms with van der Waals surface area (Å²) in [5, 5.41) is 30.0. The fourth-order valence-corrected chi connectivity index (χ4v) is 4.80. The lowest BCUT2D eigenvalue weighted by Gasteiger charge is -2.16. The number of carbonyl (C=O) groups excluding carboxylic acids is 3. The maximum atomic E-state index is 13.4. The molecule has 0 spiro atoms. The van der Waals surface area contributed by atoms with Gasteiger partial charge in [-0.1, -0.05) is 11.8 Å². The molecule has 0 radical (unpaired) electrons. The van der Waals surface area contributed by atoms with Crippen LogP contribution in [0.5, 0.6) is 17.2 Å². The highest BCUT2D eigenvalue weighted by molar-refractivity contribution is 8.16. The van der Waals surface area contributed by atoms with Crippen molar-refractivity contribution in [1.82, 2.24) is 0 Å². The number of methoxy groups -OCH3 is 1. The third-order valence-corrected chi connectivity index (χ3v) is 6.77. The second-order valence-electron chi connectivity index (χ2n) is 8.41. The first-order valence-corrected chi connectivity index (χ1v) is 13.0. The zero-order chi connectivity index (χ0) is 28.6. The van der Waals surface area contributed by atoms with Gasteiger partial charge in [-0.25, -0.2) is 4.79 Å². The van der Waals surface area contributed by atoms with E-state index in [0.717, 1.165) is 11.8 Å². The summed E-state index contributed by atoms with van der Waals surface area (Å²) in [6.45, 7) is 1.97. The highest BCUT2D eigenvalue weighted by Gasteiger charge is 2.40. The van der Waals surface area contributed by atoms with Crippen LogP contribution < -0.4 is 15.0 Å². The van der Waals surface area contributed by atoms with Gasteiger partial charge in [0, 0.05) is 12.1 Å². The molecule has 1 aliphatic heterocycles. The normalized spacial score (nSPS) is 15.9. The van der Waals surface area contributed by atoms with E-state index in [1.165, 1.54) is 36.4 Å². The number of esters is 1. The van der Waals surface area contributed by atoms with Crippen molar-refractivity contribution < 1.29 is 34.1 Å². The topological polar surface area (TPSA) is 150 Å². The molecule has 4 rings (SSSR count). The number of nitrogens with zero attached hydrogens (tertiary/aromatic N) is 3. The van der Waals surface area contributed by atoms with Crippen LogP contribution in [0.15, 0.2) is 76.9 Å². The molecule has 40 heavy (non-hydrogen) atoms. The summed E-state index contributed by atoms with van der Waals surface area (Å²) >= 11 is 1.09. The van der Waals surface area contributed by atoms with Crippen LogP contribution in [-0.2, 0) is 14.3 Å². The van der Waals surface area contributed by atoms with Gasteiger partial charge < -0.3 is 25.0 Å². The molecular weight excluding hydrogens is 536 g/mol. The molecule has 2 amide bonds. The Balaban J connectivity index is 1.50. The Labute approximate surface area is 234 Å². The zero-order valence-electron chi connectivity index (χ0n) is 21.6. The Bertz CT molecular complexity index is 1460. The van der Waals surface area contributed by atoms with Crippen LogP contribution in [0.1, 0.15) is 29.3 Å². The number of phenolic OH excluding ortho intramolecular Hbond substituents is 2. The van der Waals surface area contributed by atoms with Crippen LogP contribution in [0, 0.1) is 0 Å². The molecule has 1 atom stereocenters. The van der Waals surface area contributed by atoms with E-state index >= 15 is 0 Å². The van der Waals surface area contributed by atoms with Gasteiger partial charge in [-0.3, -0.25) is 14.5 Å². The Kier molecular flexibility index (Phi) is 9.02. The second kappa shape index (κ2) is 12.8. The minimum absolute atomic E-state index is 0.0162. The van der Waals surface area contributed by atoms with Gasteiger partial charge in [0.1, 0.15) is 11.0 Å². The van der Waals surface area contributed by atoms with E-state index in [4.69, 9.17) is 9.47 Å². The van der Waals surface area contributed by atoms with Gasteiger partial charge in [0.05, 0.1) is 31.2 Å². The smallest absolute Gasteiger partial charge is 0.338 e. The lowest BCUT2D eigenvalue weighted by Crippen LogP contribution is -2.33. The molecule has 3 aromatic rings. The van der Waals surface area contributed by atoms with Crippen LogP contribution in [-0.4, -0.2) is 58.3 Å². The van der Waals surface area contributed by atoms with E-state index in [2.05, 4.69) is 15.5 Å². The van der Waals surface area contributed by atoms with Crippen molar-refractivity contribution in [1.29, 1.82) is 0 Å². The van der Waals surface area contributed by atoms with Gasteiger partial charge >= 0.3 is 5.97 Å². The summed E-state index contributed by atoms with van der Waals surface area (Å²) in [5.74, 6) is -0.940. The van der Waals surface area contributed by atoms with E-state index in [-0.39, 0.29) is 41.4 Å². The number of ether oxygens (including phenoxy) is 2. The zero-order valence-corrected chi connectivity index (χ0v) is 22.4. The number of phenols is 2. The van der Waals surface area contributed by atoms with Crippen LogP contribution in [0.4, 0.5) is 11.4 Å². The minimum Gasteiger partial charge on any atom is -0.508 e. The molecule has 0 bridgehead atoms. The first kappa shape index (κ1) is 28.2. The molecule has 3 N–H and O–H groups in total. The van der Waals surface area contributed by atoms with Crippen molar-refractivity contribution in [3.63, 3.8) is 0 Å². The Hall–Kier alpha value is -4.84. The first-order valence-electron chi connectivity index (χ1n) is 12.1. The Morgan fingerprint density at radius 1 is 1.07 bits per heavy atom. The van der Waals surface area contributed by atoms with Gasteiger partial charge in [-0.05, 0) is 79.2 Å². The molecular formula is C28H26N4O7S. The molecule has 0 aromatic heterocycles. The highest BCUT2D eigenvalue weighted by Crippen LogP contribution is 2.35. The summed E-state index contributed by atoms with van der Waals surface area (Å²) in [6.07, 6.45) is 1.30. The summed E-state index contributed by atoms with van der Waals surface area (Å²) in [6, 6.07) is 16.9. The largest absolute Gasteiger partial charge is 0.508 e. The third kappa shape index (κ3) is 6.77. The van der Waals surface area contributed by atoms with Gasteiger partial charge in [-0.15, -0.1) is 5.10 Å². The summed E-state index contributed by atoms with van der Waals surface area (Å²) in [7, 11) is 1.43. The number of aromatic hydroxyl groups is 2. The van der Waals surface area contributed by atoms with Gasteiger partial charge in [-0.2, -0.15) is 5.10 Å². The number of anilines is 2. The quantitative estimate of drug-likeness (QED) is 0.200. The van der Waals surface area contributed by atoms with Gasteiger partial charge in [0.25, 0.3) is 0 Å². The SMILES string of the molecule is CCOC(=O)c1ccc(NC(=O)CC2S/C(=N/N=C/c3ccc(O)c(OC)c3)N(c3ccc(O)cc3)C2=O)cc1. The number of nitrogens with one attached hydrogen (secondary N) is 1. The van der Waals surface area contributed by atoms with Crippen LogP contribution in [0.25, 0.3) is 0 Å². The predicted molar refractivity (Wildman–Crippen MR) is 152 cm³/mol. The molecule has 206 valence electrons. The highest BCUT2D eigenvalue weighted by atomic mass is 32.2. The number of rotatable bonds is 9. The standard InChI is InChI=1S/C28H26N4O7S/c1-3-39-27(37)18-5-7-19(8-6-18)30-25(35)15-24-26(36)32(20-9-11-21(33)12-10-20)28(40-24)31-29-16-17-4-13-22(34)23(14-17)38-2/h4-14,16,24,33-34H,3,15H2,1-2H3,(H,30,35)/b29-16+,31-28+. The molecule has 1 fully saturated rings.